The Labute approximate surface area is 138 Å². The molecule has 0 unspecified atom stereocenters. The molecule has 3 aromatic carbocycles. The van der Waals surface area contributed by atoms with Crippen LogP contribution in [0, 0.1) is 5.82 Å². The van der Waals surface area contributed by atoms with E-state index in [1.165, 1.54) is 24.3 Å². The first-order chi connectivity index (χ1) is 11.7. The molecule has 3 rings (SSSR count). The summed E-state index contributed by atoms with van der Waals surface area (Å²) in [5, 5.41) is 1.61. The lowest BCUT2D eigenvalue weighted by Gasteiger charge is -2.07. The monoisotopic (exact) mass is 320 g/mol. The number of carbonyl (C=O) groups is 2. The molecular formula is C20H13FO3. The maximum absolute atomic E-state index is 12.8. The van der Waals surface area contributed by atoms with Gasteiger partial charge in [0.05, 0.1) is 5.56 Å². The zero-order chi connectivity index (χ0) is 16.9. The number of ether oxygens (including phenoxy) is 1. The molecule has 0 N–H and O–H groups in total. The molecule has 4 heteroatoms. The third-order valence-electron chi connectivity index (χ3n) is 3.54. The Balaban J connectivity index is 1.82. The second-order valence-corrected chi connectivity index (χ2v) is 5.12. The summed E-state index contributed by atoms with van der Waals surface area (Å²) in [7, 11) is 0. The van der Waals surface area contributed by atoms with Crippen molar-refractivity contribution in [2.24, 2.45) is 0 Å². The first kappa shape index (κ1) is 15.6. The smallest absolute Gasteiger partial charge is 0.336 e. The summed E-state index contributed by atoms with van der Waals surface area (Å²) in [6, 6.07) is 16.4. The number of rotatable bonds is 4. The molecule has 0 atom stereocenters. The number of carbonyl (C=O) groups excluding carboxylic acids is 2. The molecule has 0 heterocycles. The lowest BCUT2D eigenvalue weighted by Crippen LogP contribution is -2.06. The Hall–Kier alpha value is -3.27. The standard InChI is InChI=1S/C20H13FO3/c21-16-9-5-14(6-10-16)7-12-20(23)24-19-11-8-15-3-1-2-4-17(15)18(19)13-22/h1-13H/b12-7+. The quantitative estimate of drug-likeness (QED) is 0.309. The van der Waals surface area contributed by atoms with Crippen molar-refractivity contribution in [1.82, 2.24) is 0 Å². The summed E-state index contributed by atoms with van der Waals surface area (Å²) < 4.78 is 18.1. The van der Waals surface area contributed by atoms with Gasteiger partial charge >= 0.3 is 5.97 Å². The lowest BCUT2D eigenvalue weighted by atomic mass is 10.0. The number of benzene rings is 3. The molecule has 0 fully saturated rings. The Morgan fingerprint density at radius 3 is 2.46 bits per heavy atom. The minimum atomic E-state index is -0.613. The van der Waals surface area contributed by atoms with E-state index >= 15 is 0 Å². The molecule has 0 aromatic heterocycles. The molecule has 0 amide bonds. The van der Waals surface area contributed by atoms with Gasteiger partial charge in [-0.3, -0.25) is 4.79 Å². The van der Waals surface area contributed by atoms with E-state index in [4.69, 9.17) is 4.74 Å². The number of esters is 1. The third-order valence-corrected chi connectivity index (χ3v) is 3.54. The number of halogens is 1. The van der Waals surface area contributed by atoms with Gasteiger partial charge in [0.25, 0.3) is 0 Å². The van der Waals surface area contributed by atoms with Crippen LogP contribution < -0.4 is 4.74 Å². The molecule has 3 nitrogen and oxygen atoms in total. The van der Waals surface area contributed by atoms with Crippen LogP contribution in [0.5, 0.6) is 5.75 Å². The predicted molar refractivity (Wildman–Crippen MR) is 90.4 cm³/mol. The third kappa shape index (κ3) is 3.38. The highest BCUT2D eigenvalue weighted by Gasteiger charge is 2.10. The molecule has 0 aliphatic rings. The summed E-state index contributed by atoms with van der Waals surface area (Å²) >= 11 is 0. The van der Waals surface area contributed by atoms with Crippen molar-refractivity contribution in [3.8, 4) is 5.75 Å². The highest BCUT2D eigenvalue weighted by atomic mass is 19.1. The van der Waals surface area contributed by atoms with Crippen molar-refractivity contribution >= 4 is 29.1 Å². The Morgan fingerprint density at radius 1 is 0.958 bits per heavy atom. The summed E-state index contributed by atoms with van der Waals surface area (Å²) in [5.74, 6) is -0.753. The zero-order valence-electron chi connectivity index (χ0n) is 12.6. The van der Waals surface area contributed by atoms with Crippen molar-refractivity contribution in [3.63, 3.8) is 0 Å². The van der Waals surface area contributed by atoms with Gasteiger partial charge in [-0.2, -0.15) is 0 Å². The number of aldehydes is 1. The molecular weight excluding hydrogens is 307 g/mol. The SMILES string of the molecule is O=Cc1c(OC(=O)/C=C/c2ccc(F)cc2)ccc2ccccc12. The minimum absolute atomic E-state index is 0.206. The van der Waals surface area contributed by atoms with Gasteiger partial charge < -0.3 is 4.74 Å². The van der Waals surface area contributed by atoms with Crippen LogP contribution in [0.3, 0.4) is 0 Å². The van der Waals surface area contributed by atoms with E-state index < -0.39 is 5.97 Å². The maximum atomic E-state index is 12.8. The molecule has 3 aromatic rings. The van der Waals surface area contributed by atoms with E-state index in [9.17, 15) is 14.0 Å². The number of fused-ring (bicyclic) bond motifs is 1. The molecule has 0 saturated carbocycles. The van der Waals surface area contributed by atoms with Crippen LogP contribution in [0.15, 0.2) is 66.7 Å². The molecule has 24 heavy (non-hydrogen) atoms. The van der Waals surface area contributed by atoms with Crippen LogP contribution in [0.2, 0.25) is 0 Å². The van der Waals surface area contributed by atoms with Crippen molar-refractivity contribution in [3.05, 3.63) is 83.7 Å². The fraction of sp³-hybridized carbons (Fsp3) is 0. The van der Waals surface area contributed by atoms with Crippen molar-refractivity contribution < 1.29 is 18.7 Å². The van der Waals surface area contributed by atoms with Gasteiger partial charge in [-0.05, 0) is 40.6 Å². The van der Waals surface area contributed by atoms with Crippen molar-refractivity contribution in [1.29, 1.82) is 0 Å². The van der Waals surface area contributed by atoms with Crippen molar-refractivity contribution in [2.75, 3.05) is 0 Å². The highest BCUT2D eigenvalue weighted by molar-refractivity contribution is 6.02. The average molecular weight is 320 g/mol. The Bertz CT molecular complexity index is 927. The van der Waals surface area contributed by atoms with Gasteiger partial charge in [0, 0.05) is 6.08 Å². The fourth-order valence-electron chi connectivity index (χ4n) is 2.37. The van der Waals surface area contributed by atoms with E-state index in [0.29, 0.717) is 17.4 Å². The van der Waals surface area contributed by atoms with Crippen LogP contribution in [0.4, 0.5) is 4.39 Å². The Kier molecular flexibility index (Phi) is 4.47. The first-order valence-electron chi connectivity index (χ1n) is 7.30. The largest absolute Gasteiger partial charge is 0.423 e. The number of hydrogen-bond donors (Lipinski definition) is 0. The van der Waals surface area contributed by atoms with E-state index in [0.717, 1.165) is 10.8 Å². The van der Waals surface area contributed by atoms with Crippen molar-refractivity contribution in [2.45, 2.75) is 0 Å². The molecule has 0 radical (unpaired) electrons. The Morgan fingerprint density at radius 2 is 1.71 bits per heavy atom. The lowest BCUT2D eigenvalue weighted by molar-refractivity contribution is -0.128. The van der Waals surface area contributed by atoms with Crippen LogP contribution >= 0.6 is 0 Å². The van der Waals surface area contributed by atoms with E-state index in [1.807, 2.05) is 18.2 Å². The van der Waals surface area contributed by atoms with Gasteiger partial charge in [-0.15, -0.1) is 0 Å². The maximum Gasteiger partial charge on any atom is 0.336 e. The second kappa shape index (κ2) is 6.87. The molecule has 0 aliphatic heterocycles. The van der Waals surface area contributed by atoms with Gasteiger partial charge in [-0.1, -0.05) is 42.5 Å². The van der Waals surface area contributed by atoms with E-state index in [-0.39, 0.29) is 11.6 Å². The fourth-order valence-corrected chi connectivity index (χ4v) is 2.37. The zero-order valence-corrected chi connectivity index (χ0v) is 12.6. The topological polar surface area (TPSA) is 43.4 Å². The summed E-state index contributed by atoms with van der Waals surface area (Å²) in [6.45, 7) is 0. The average Bonchev–Trinajstić information content (AvgIpc) is 2.61. The van der Waals surface area contributed by atoms with E-state index in [1.54, 1.807) is 30.3 Å². The van der Waals surface area contributed by atoms with Crippen LogP contribution in [0.25, 0.3) is 16.8 Å². The summed E-state index contributed by atoms with van der Waals surface area (Å²) in [4.78, 5) is 23.3. The molecule has 0 spiro atoms. The van der Waals surface area contributed by atoms with Crippen LogP contribution in [-0.4, -0.2) is 12.3 Å². The van der Waals surface area contributed by atoms with Gasteiger partial charge in [0.2, 0.25) is 0 Å². The first-order valence-corrected chi connectivity index (χ1v) is 7.30. The molecule has 0 aliphatic carbocycles. The van der Waals surface area contributed by atoms with Crippen LogP contribution in [0.1, 0.15) is 15.9 Å². The second-order valence-electron chi connectivity index (χ2n) is 5.12. The summed E-state index contributed by atoms with van der Waals surface area (Å²) in [6.07, 6.45) is 3.43. The highest BCUT2D eigenvalue weighted by Crippen LogP contribution is 2.26. The van der Waals surface area contributed by atoms with Gasteiger partial charge in [-0.25, -0.2) is 9.18 Å². The minimum Gasteiger partial charge on any atom is -0.423 e. The predicted octanol–water partition coefficient (Wildman–Crippen LogP) is 4.41. The molecule has 0 saturated heterocycles. The molecule has 0 bridgehead atoms. The van der Waals surface area contributed by atoms with Gasteiger partial charge in [0.15, 0.2) is 6.29 Å². The normalized spacial score (nSPS) is 10.9. The van der Waals surface area contributed by atoms with Gasteiger partial charge in [0.1, 0.15) is 11.6 Å². The molecule has 118 valence electrons. The van der Waals surface area contributed by atoms with E-state index in [2.05, 4.69) is 0 Å². The number of hydrogen-bond acceptors (Lipinski definition) is 3. The van der Waals surface area contributed by atoms with Crippen LogP contribution in [-0.2, 0) is 4.79 Å². The summed E-state index contributed by atoms with van der Waals surface area (Å²) in [5.41, 5.74) is 0.999.